The molecule has 0 radical (unpaired) electrons. The molecular formula is C22H33N5OS. The van der Waals surface area contributed by atoms with Crippen molar-refractivity contribution in [3.8, 4) is 5.69 Å². The van der Waals surface area contributed by atoms with E-state index >= 15 is 0 Å². The van der Waals surface area contributed by atoms with E-state index in [0.29, 0.717) is 0 Å². The summed E-state index contributed by atoms with van der Waals surface area (Å²) in [6.45, 7) is 12.2. The van der Waals surface area contributed by atoms with Crippen LogP contribution in [0.3, 0.4) is 0 Å². The number of carbonyl (C=O) groups excluding carboxylic acids is 1. The van der Waals surface area contributed by atoms with Gasteiger partial charge in [0.25, 0.3) is 0 Å². The topological polar surface area (TPSA) is 54.3 Å². The Morgan fingerprint density at radius 2 is 1.59 bits per heavy atom. The van der Waals surface area contributed by atoms with Crippen molar-refractivity contribution in [1.82, 2.24) is 19.7 Å². The molecule has 1 unspecified atom stereocenters. The van der Waals surface area contributed by atoms with Crippen LogP contribution < -0.4 is 4.90 Å². The first-order valence-corrected chi connectivity index (χ1v) is 11.5. The number of amides is 1. The first kappa shape index (κ1) is 21.7. The van der Waals surface area contributed by atoms with Gasteiger partial charge in [0.15, 0.2) is 5.16 Å². The molecular weight excluding hydrogens is 382 g/mol. The normalized spacial score (nSPS) is 15.8. The van der Waals surface area contributed by atoms with Gasteiger partial charge in [0.05, 0.1) is 10.9 Å². The van der Waals surface area contributed by atoms with Crippen molar-refractivity contribution in [3.05, 3.63) is 30.3 Å². The van der Waals surface area contributed by atoms with Crippen LogP contribution in [0.15, 0.2) is 35.5 Å². The fourth-order valence-corrected chi connectivity index (χ4v) is 4.88. The molecule has 0 aliphatic carbocycles. The number of rotatable bonds is 7. The van der Waals surface area contributed by atoms with E-state index in [1.807, 2.05) is 30.0 Å². The van der Waals surface area contributed by atoms with E-state index < -0.39 is 0 Å². The molecule has 1 amide bonds. The van der Waals surface area contributed by atoms with Crippen molar-refractivity contribution in [2.45, 2.75) is 76.4 Å². The van der Waals surface area contributed by atoms with Gasteiger partial charge >= 0.3 is 0 Å². The highest BCUT2D eigenvalue weighted by molar-refractivity contribution is 8.00. The minimum absolute atomic E-state index is 0.141. The van der Waals surface area contributed by atoms with E-state index in [1.165, 1.54) is 31.0 Å². The fraction of sp³-hybridized carbons (Fsp3) is 0.591. The number of hydrogen-bond acceptors (Lipinski definition) is 5. The number of hydrogen-bond donors (Lipinski definition) is 0. The van der Waals surface area contributed by atoms with Crippen LogP contribution in [0.4, 0.5) is 5.95 Å². The van der Waals surface area contributed by atoms with E-state index in [4.69, 9.17) is 0 Å². The van der Waals surface area contributed by atoms with Crippen LogP contribution in [-0.4, -0.2) is 56.0 Å². The quantitative estimate of drug-likeness (QED) is 0.628. The van der Waals surface area contributed by atoms with Crippen LogP contribution in [-0.2, 0) is 4.79 Å². The average molecular weight is 416 g/mol. The molecule has 29 heavy (non-hydrogen) atoms. The highest BCUT2D eigenvalue weighted by Crippen LogP contribution is 2.31. The van der Waals surface area contributed by atoms with Crippen molar-refractivity contribution in [1.29, 1.82) is 0 Å². The fourth-order valence-electron chi connectivity index (χ4n) is 3.96. The molecule has 3 rings (SSSR count). The zero-order valence-electron chi connectivity index (χ0n) is 18.2. The second kappa shape index (κ2) is 9.65. The van der Waals surface area contributed by atoms with E-state index in [0.717, 1.165) is 29.9 Å². The van der Waals surface area contributed by atoms with E-state index in [1.54, 1.807) is 0 Å². The molecule has 7 heteroatoms. The highest BCUT2D eigenvalue weighted by Gasteiger charge is 2.29. The second-order valence-corrected chi connectivity index (χ2v) is 9.50. The van der Waals surface area contributed by atoms with Crippen molar-refractivity contribution in [2.24, 2.45) is 0 Å². The summed E-state index contributed by atoms with van der Waals surface area (Å²) in [6.07, 6.45) is 3.62. The Labute approximate surface area is 178 Å². The van der Waals surface area contributed by atoms with E-state index in [9.17, 15) is 4.79 Å². The van der Waals surface area contributed by atoms with Gasteiger partial charge in [-0.2, -0.15) is 0 Å². The largest absolute Gasteiger partial charge is 0.341 e. The summed E-state index contributed by atoms with van der Waals surface area (Å²) in [5.74, 6) is 1.02. The zero-order valence-corrected chi connectivity index (χ0v) is 19.0. The molecule has 1 aromatic heterocycles. The summed E-state index contributed by atoms with van der Waals surface area (Å²) in [5.41, 5.74) is 1.03. The van der Waals surface area contributed by atoms with Crippen molar-refractivity contribution in [3.63, 3.8) is 0 Å². The van der Waals surface area contributed by atoms with E-state index in [-0.39, 0.29) is 23.2 Å². The number of carbonyl (C=O) groups is 1. The molecule has 1 aliphatic rings. The second-order valence-electron chi connectivity index (χ2n) is 8.19. The van der Waals surface area contributed by atoms with Gasteiger partial charge in [-0.05, 0) is 66.0 Å². The maximum atomic E-state index is 13.1. The maximum Gasteiger partial charge on any atom is 0.236 e. The Morgan fingerprint density at radius 1 is 0.966 bits per heavy atom. The molecule has 1 aromatic carbocycles. The lowest BCUT2D eigenvalue weighted by Gasteiger charge is -2.33. The van der Waals surface area contributed by atoms with Gasteiger partial charge in [0, 0.05) is 25.2 Å². The standard InChI is InChI=1S/C22H33N5OS/c1-16(2)26(17(3)4)20(28)18(5)29-22-24-23-21(25-14-10-7-11-15-25)27(22)19-12-8-6-9-13-19/h6,8-9,12-13,16-18H,7,10-11,14-15H2,1-5H3. The molecule has 1 aliphatic heterocycles. The van der Waals surface area contributed by atoms with E-state index in [2.05, 4.69) is 59.5 Å². The highest BCUT2D eigenvalue weighted by atomic mass is 32.2. The molecule has 0 bridgehead atoms. The lowest BCUT2D eigenvalue weighted by Crippen LogP contribution is -2.45. The maximum absolute atomic E-state index is 13.1. The monoisotopic (exact) mass is 415 g/mol. The Kier molecular flexibility index (Phi) is 7.22. The Balaban J connectivity index is 1.91. The van der Waals surface area contributed by atoms with Gasteiger partial charge < -0.3 is 9.80 Å². The predicted octanol–water partition coefficient (Wildman–Crippen LogP) is 4.38. The SMILES string of the molecule is CC(Sc1nnc(N2CCCCC2)n1-c1ccccc1)C(=O)N(C(C)C)C(C)C. The minimum atomic E-state index is -0.235. The van der Waals surface area contributed by atoms with Crippen molar-refractivity contribution in [2.75, 3.05) is 18.0 Å². The Bertz CT molecular complexity index is 791. The molecule has 0 N–H and O–H groups in total. The first-order valence-electron chi connectivity index (χ1n) is 10.6. The van der Waals surface area contributed by atoms with Crippen LogP contribution in [0.5, 0.6) is 0 Å². The Morgan fingerprint density at radius 3 is 2.17 bits per heavy atom. The van der Waals surface area contributed by atoms with Gasteiger partial charge in [-0.3, -0.25) is 9.36 Å². The third-order valence-electron chi connectivity index (χ3n) is 5.27. The van der Waals surface area contributed by atoms with Crippen molar-refractivity contribution < 1.29 is 4.79 Å². The third-order valence-corrected chi connectivity index (χ3v) is 6.30. The van der Waals surface area contributed by atoms with Gasteiger partial charge in [-0.25, -0.2) is 0 Å². The van der Waals surface area contributed by atoms with Crippen LogP contribution in [0.25, 0.3) is 5.69 Å². The number of para-hydroxylation sites is 1. The molecule has 2 heterocycles. The lowest BCUT2D eigenvalue weighted by molar-refractivity contribution is -0.133. The summed E-state index contributed by atoms with van der Waals surface area (Å²) < 4.78 is 2.11. The van der Waals surface area contributed by atoms with Gasteiger partial charge in [0.1, 0.15) is 0 Å². The molecule has 158 valence electrons. The van der Waals surface area contributed by atoms with Gasteiger partial charge in [-0.1, -0.05) is 30.0 Å². The summed E-state index contributed by atoms with van der Waals surface area (Å²) >= 11 is 1.49. The first-order chi connectivity index (χ1) is 13.9. The summed E-state index contributed by atoms with van der Waals surface area (Å²) in [6, 6.07) is 10.5. The van der Waals surface area contributed by atoms with Gasteiger partial charge in [0.2, 0.25) is 11.9 Å². The number of anilines is 1. The number of nitrogens with zero attached hydrogens (tertiary/aromatic N) is 5. The molecule has 0 saturated carbocycles. The number of benzene rings is 1. The van der Waals surface area contributed by atoms with Crippen LogP contribution in [0.2, 0.25) is 0 Å². The van der Waals surface area contributed by atoms with Crippen molar-refractivity contribution >= 4 is 23.6 Å². The Hall–Kier alpha value is -2.02. The molecule has 1 fully saturated rings. The molecule has 0 spiro atoms. The summed E-state index contributed by atoms with van der Waals surface area (Å²) in [4.78, 5) is 17.4. The predicted molar refractivity (Wildman–Crippen MR) is 120 cm³/mol. The molecule has 2 aromatic rings. The summed E-state index contributed by atoms with van der Waals surface area (Å²) in [5, 5.41) is 9.57. The van der Waals surface area contributed by atoms with Crippen LogP contribution >= 0.6 is 11.8 Å². The van der Waals surface area contributed by atoms with Crippen LogP contribution in [0.1, 0.15) is 53.9 Å². The number of thioether (sulfide) groups is 1. The molecule has 1 atom stereocenters. The average Bonchev–Trinajstić information content (AvgIpc) is 3.12. The molecule has 6 nitrogen and oxygen atoms in total. The number of piperidine rings is 1. The smallest absolute Gasteiger partial charge is 0.236 e. The lowest BCUT2D eigenvalue weighted by atomic mass is 10.1. The minimum Gasteiger partial charge on any atom is -0.341 e. The van der Waals surface area contributed by atoms with Crippen LogP contribution in [0, 0.1) is 0 Å². The third kappa shape index (κ3) is 4.94. The van der Waals surface area contributed by atoms with Gasteiger partial charge in [-0.15, -0.1) is 10.2 Å². The number of aromatic nitrogens is 3. The molecule has 1 saturated heterocycles. The zero-order chi connectivity index (χ0) is 21.0. The summed E-state index contributed by atoms with van der Waals surface area (Å²) in [7, 11) is 0.